The quantitative estimate of drug-likeness (QED) is 0.796. The predicted molar refractivity (Wildman–Crippen MR) is 104 cm³/mol. The molecule has 0 fully saturated rings. The van der Waals surface area contributed by atoms with Gasteiger partial charge in [-0.1, -0.05) is 30.3 Å². The Balaban J connectivity index is 1.73. The van der Waals surface area contributed by atoms with Crippen LogP contribution in [0.1, 0.15) is 26.3 Å². The van der Waals surface area contributed by atoms with Gasteiger partial charge in [0.15, 0.2) is 0 Å². The monoisotopic (exact) mass is 335 g/mol. The van der Waals surface area contributed by atoms with Crippen LogP contribution in [0.2, 0.25) is 0 Å². The molecule has 2 aromatic carbocycles. The summed E-state index contributed by atoms with van der Waals surface area (Å²) in [5.41, 5.74) is 4.09. The van der Waals surface area contributed by atoms with Gasteiger partial charge in [-0.3, -0.25) is 4.79 Å². The summed E-state index contributed by atoms with van der Waals surface area (Å²) in [6.45, 7) is 8.25. The first kappa shape index (κ1) is 17.2. The second kappa shape index (κ2) is 7.51. The molecule has 0 N–H and O–H groups in total. The van der Waals surface area contributed by atoms with E-state index in [0.717, 1.165) is 24.5 Å². The number of hydrazone groups is 1. The molecule has 0 radical (unpaired) electrons. The SMILES string of the molecule is CCN(CC)c1ccc(CC2C(=O)N(c3ccccc3)N=C2C)cc1. The Morgan fingerprint density at radius 2 is 1.64 bits per heavy atom. The van der Waals surface area contributed by atoms with Crippen LogP contribution in [0, 0.1) is 5.92 Å². The lowest BCUT2D eigenvalue weighted by Gasteiger charge is -2.21. The van der Waals surface area contributed by atoms with Crippen molar-refractivity contribution in [1.29, 1.82) is 0 Å². The molecule has 130 valence electrons. The van der Waals surface area contributed by atoms with Crippen molar-refractivity contribution in [1.82, 2.24) is 0 Å². The molecule has 0 saturated carbocycles. The first-order valence-corrected chi connectivity index (χ1v) is 8.92. The molecule has 4 nitrogen and oxygen atoms in total. The molecule has 3 rings (SSSR count). The molecule has 1 atom stereocenters. The zero-order valence-corrected chi connectivity index (χ0v) is 15.1. The number of benzene rings is 2. The summed E-state index contributed by atoms with van der Waals surface area (Å²) < 4.78 is 0. The predicted octanol–water partition coefficient (Wildman–Crippen LogP) is 4.11. The van der Waals surface area contributed by atoms with Gasteiger partial charge < -0.3 is 4.90 Å². The highest BCUT2D eigenvalue weighted by Crippen LogP contribution is 2.26. The molecule has 1 aliphatic heterocycles. The molecule has 4 heteroatoms. The van der Waals surface area contributed by atoms with E-state index in [0.29, 0.717) is 6.42 Å². The third kappa shape index (κ3) is 3.58. The lowest BCUT2D eigenvalue weighted by molar-refractivity contribution is -0.119. The summed E-state index contributed by atoms with van der Waals surface area (Å²) in [6, 6.07) is 18.1. The van der Waals surface area contributed by atoms with Crippen LogP contribution in [-0.2, 0) is 11.2 Å². The number of nitrogens with zero attached hydrogens (tertiary/aromatic N) is 3. The third-order valence-corrected chi connectivity index (χ3v) is 4.77. The Kier molecular flexibility index (Phi) is 5.17. The van der Waals surface area contributed by atoms with Crippen molar-refractivity contribution in [3.05, 3.63) is 60.2 Å². The number of amides is 1. The maximum Gasteiger partial charge on any atom is 0.256 e. The molecule has 1 aliphatic rings. The minimum Gasteiger partial charge on any atom is -0.372 e. The zero-order chi connectivity index (χ0) is 17.8. The molecule has 0 aromatic heterocycles. The minimum atomic E-state index is -0.181. The third-order valence-electron chi connectivity index (χ3n) is 4.77. The van der Waals surface area contributed by atoms with Crippen molar-refractivity contribution in [3.8, 4) is 0 Å². The maximum absolute atomic E-state index is 12.8. The zero-order valence-electron chi connectivity index (χ0n) is 15.1. The fourth-order valence-electron chi connectivity index (χ4n) is 3.26. The number of para-hydroxylation sites is 1. The van der Waals surface area contributed by atoms with Crippen LogP contribution in [-0.4, -0.2) is 24.7 Å². The Hall–Kier alpha value is -2.62. The van der Waals surface area contributed by atoms with Gasteiger partial charge in [-0.15, -0.1) is 0 Å². The first-order chi connectivity index (χ1) is 12.1. The first-order valence-electron chi connectivity index (χ1n) is 8.92. The van der Waals surface area contributed by atoms with Crippen LogP contribution in [0.4, 0.5) is 11.4 Å². The van der Waals surface area contributed by atoms with Crippen molar-refractivity contribution in [2.75, 3.05) is 23.0 Å². The van der Waals surface area contributed by atoms with E-state index in [4.69, 9.17) is 0 Å². The molecule has 0 spiro atoms. The van der Waals surface area contributed by atoms with Gasteiger partial charge in [0.05, 0.1) is 11.6 Å². The van der Waals surface area contributed by atoms with Crippen molar-refractivity contribution < 1.29 is 4.79 Å². The molecule has 25 heavy (non-hydrogen) atoms. The molecular weight excluding hydrogens is 310 g/mol. The molecule has 0 bridgehead atoms. The van der Waals surface area contributed by atoms with E-state index in [1.807, 2.05) is 37.3 Å². The summed E-state index contributed by atoms with van der Waals surface area (Å²) in [7, 11) is 0. The van der Waals surface area contributed by atoms with Crippen molar-refractivity contribution in [2.24, 2.45) is 11.0 Å². The van der Waals surface area contributed by atoms with Gasteiger partial charge in [-0.25, -0.2) is 5.01 Å². The summed E-state index contributed by atoms with van der Waals surface area (Å²) in [5, 5.41) is 6.01. The summed E-state index contributed by atoms with van der Waals surface area (Å²) in [6.07, 6.45) is 0.691. The lowest BCUT2D eigenvalue weighted by Crippen LogP contribution is -2.28. The van der Waals surface area contributed by atoms with Crippen molar-refractivity contribution in [2.45, 2.75) is 27.2 Å². The fraction of sp³-hybridized carbons (Fsp3) is 0.333. The van der Waals surface area contributed by atoms with E-state index < -0.39 is 0 Å². The minimum absolute atomic E-state index is 0.0523. The smallest absolute Gasteiger partial charge is 0.256 e. The van der Waals surface area contributed by atoms with Gasteiger partial charge in [0.1, 0.15) is 0 Å². The van der Waals surface area contributed by atoms with Gasteiger partial charge in [-0.05, 0) is 57.0 Å². The Morgan fingerprint density at radius 3 is 2.24 bits per heavy atom. The topological polar surface area (TPSA) is 35.9 Å². The number of anilines is 2. The maximum atomic E-state index is 12.8. The van der Waals surface area contributed by atoms with Crippen LogP contribution < -0.4 is 9.91 Å². The molecule has 0 aliphatic carbocycles. The standard InChI is InChI=1S/C21H25N3O/c1-4-23(5-2)18-13-11-17(12-14-18)15-20-16(3)22-24(21(20)25)19-9-7-6-8-10-19/h6-14,20H,4-5,15H2,1-3H3. The number of rotatable bonds is 6. The molecule has 1 unspecified atom stereocenters. The van der Waals surface area contributed by atoms with Crippen LogP contribution in [0.3, 0.4) is 0 Å². The van der Waals surface area contributed by atoms with E-state index >= 15 is 0 Å². The van der Waals surface area contributed by atoms with Crippen LogP contribution in [0.5, 0.6) is 0 Å². The second-order valence-corrected chi connectivity index (χ2v) is 6.32. The van der Waals surface area contributed by atoms with Crippen molar-refractivity contribution >= 4 is 23.0 Å². The average Bonchev–Trinajstić information content (AvgIpc) is 2.93. The molecule has 0 saturated heterocycles. The van der Waals surface area contributed by atoms with Gasteiger partial charge >= 0.3 is 0 Å². The number of carbonyl (C=O) groups excluding carboxylic acids is 1. The van der Waals surface area contributed by atoms with E-state index in [9.17, 15) is 4.79 Å². The lowest BCUT2D eigenvalue weighted by atomic mass is 9.95. The largest absolute Gasteiger partial charge is 0.372 e. The number of carbonyl (C=O) groups is 1. The number of hydrogen-bond donors (Lipinski definition) is 0. The van der Waals surface area contributed by atoms with E-state index in [2.05, 4.69) is 48.1 Å². The highest BCUT2D eigenvalue weighted by molar-refractivity contribution is 6.14. The fourth-order valence-corrected chi connectivity index (χ4v) is 3.26. The average molecular weight is 335 g/mol. The Morgan fingerprint density at radius 1 is 1.00 bits per heavy atom. The summed E-state index contributed by atoms with van der Waals surface area (Å²) >= 11 is 0. The summed E-state index contributed by atoms with van der Waals surface area (Å²) in [4.78, 5) is 15.1. The highest BCUT2D eigenvalue weighted by atomic mass is 16.2. The molecule has 1 amide bonds. The van der Waals surface area contributed by atoms with Crippen molar-refractivity contribution in [3.63, 3.8) is 0 Å². The van der Waals surface area contributed by atoms with Crippen LogP contribution in [0.15, 0.2) is 59.7 Å². The van der Waals surface area contributed by atoms with Crippen LogP contribution in [0.25, 0.3) is 0 Å². The second-order valence-electron chi connectivity index (χ2n) is 6.32. The molecular formula is C21H25N3O. The van der Waals surface area contributed by atoms with Gasteiger partial charge in [-0.2, -0.15) is 5.10 Å². The van der Waals surface area contributed by atoms with Gasteiger partial charge in [0, 0.05) is 24.5 Å². The normalized spacial score (nSPS) is 16.9. The van der Waals surface area contributed by atoms with Gasteiger partial charge in [0.25, 0.3) is 5.91 Å². The summed E-state index contributed by atoms with van der Waals surface area (Å²) in [5.74, 6) is -0.129. The van der Waals surface area contributed by atoms with E-state index in [-0.39, 0.29) is 11.8 Å². The van der Waals surface area contributed by atoms with Gasteiger partial charge in [0.2, 0.25) is 0 Å². The Labute approximate surface area is 149 Å². The Bertz CT molecular complexity index is 748. The van der Waals surface area contributed by atoms with E-state index in [1.165, 1.54) is 16.3 Å². The highest BCUT2D eigenvalue weighted by Gasteiger charge is 2.34. The van der Waals surface area contributed by atoms with E-state index in [1.54, 1.807) is 0 Å². The molecule has 2 aromatic rings. The number of hydrogen-bond acceptors (Lipinski definition) is 3. The van der Waals surface area contributed by atoms with Crippen LogP contribution >= 0.6 is 0 Å². The molecule has 1 heterocycles.